The first-order valence-electron chi connectivity index (χ1n) is 11.1. The summed E-state index contributed by atoms with van der Waals surface area (Å²) in [6.45, 7) is 4.17. The van der Waals surface area contributed by atoms with Gasteiger partial charge in [-0.3, -0.25) is 18.9 Å². The summed E-state index contributed by atoms with van der Waals surface area (Å²) in [4.78, 5) is 35.8. The average Bonchev–Trinajstić information content (AvgIpc) is 3.44. The predicted molar refractivity (Wildman–Crippen MR) is 138 cm³/mol. The number of thioether (sulfide) groups is 1. The molecule has 0 aliphatic carbocycles. The maximum atomic E-state index is 13.5. The lowest BCUT2D eigenvalue weighted by Gasteiger charge is -2.20. The first-order chi connectivity index (χ1) is 16.0. The number of aromatic nitrogens is 2. The molecule has 2 fully saturated rings. The largest absolute Gasteiger partial charge is 0.356 e. The van der Waals surface area contributed by atoms with E-state index >= 15 is 0 Å². The number of pyridine rings is 1. The van der Waals surface area contributed by atoms with E-state index in [0.29, 0.717) is 32.8 Å². The highest BCUT2D eigenvalue weighted by molar-refractivity contribution is 8.26. The summed E-state index contributed by atoms with van der Waals surface area (Å²) in [5, 5.41) is 0. The molecule has 1 amide bonds. The molecule has 1 aromatic carbocycles. The molecule has 2 aromatic heterocycles. The summed E-state index contributed by atoms with van der Waals surface area (Å²) < 4.78 is 2.09. The summed E-state index contributed by atoms with van der Waals surface area (Å²) in [6, 6.07) is 13.8. The van der Waals surface area contributed by atoms with E-state index in [2.05, 4.69) is 4.90 Å². The van der Waals surface area contributed by atoms with Crippen molar-refractivity contribution in [3.63, 3.8) is 0 Å². The lowest BCUT2D eigenvalue weighted by molar-refractivity contribution is -0.122. The highest BCUT2D eigenvalue weighted by Gasteiger charge is 2.33. The second-order valence-corrected chi connectivity index (χ2v) is 9.98. The van der Waals surface area contributed by atoms with Gasteiger partial charge in [0.05, 0.1) is 10.5 Å². The third-order valence-electron chi connectivity index (χ3n) is 6.09. The van der Waals surface area contributed by atoms with E-state index in [1.54, 1.807) is 21.6 Å². The zero-order valence-corrected chi connectivity index (χ0v) is 20.0. The minimum Gasteiger partial charge on any atom is -0.356 e. The van der Waals surface area contributed by atoms with Crippen LogP contribution in [0.3, 0.4) is 0 Å². The zero-order chi connectivity index (χ0) is 22.9. The number of rotatable bonds is 5. The Kier molecular flexibility index (Phi) is 6.03. The average molecular weight is 477 g/mol. The van der Waals surface area contributed by atoms with Crippen LogP contribution < -0.4 is 10.5 Å². The molecule has 3 aromatic rings. The molecule has 2 aliphatic rings. The van der Waals surface area contributed by atoms with Gasteiger partial charge in [0, 0.05) is 25.8 Å². The molecule has 0 saturated carbocycles. The molecule has 0 bridgehead atoms. The van der Waals surface area contributed by atoms with Crippen molar-refractivity contribution in [2.24, 2.45) is 0 Å². The van der Waals surface area contributed by atoms with E-state index in [4.69, 9.17) is 17.2 Å². The molecule has 0 unspecified atom stereocenters. The fourth-order valence-electron chi connectivity index (χ4n) is 4.31. The van der Waals surface area contributed by atoms with Gasteiger partial charge in [-0.1, -0.05) is 60.4 Å². The van der Waals surface area contributed by atoms with Gasteiger partial charge < -0.3 is 4.90 Å². The summed E-state index contributed by atoms with van der Waals surface area (Å²) in [5.74, 6) is 0.503. The second-order valence-electron chi connectivity index (χ2n) is 8.30. The summed E-state index contributed by atoms with van der Waals surface area (Å²) in [6.07, 6.45) is 6.28. The molecule has 2 saturated heterocycles. The molecular formula is C25H24N4O2S2. The normalized spacial score (nSPS) is 17.7. The van der Waals surface area contributed by atoms with Crippen LogP contribution in [0.5, 0.6) is 0 Å². The Morgan fingerprint density at radius 3 is 2.61 bits per heavy atom. The van der Waals surface area contributed by atoms with Crippen molar-refractivity contribution in [2.45, 2.75) is 26.2 Å². The van der Waals surface area contributed by atoms with Crippen LogP contribution in [0.25, 0.3) is 11.7 Å². The molecule has 0 radical (unpaired) electrons. The van der Waals surface area contributed by atoms with E-state index in [9.17, 15) is 9.59 Å². The van der Waals surface area contributed by atoms with Crippen LogP contribution in [0.15, 0.2) is 58.4 Å². The topological polar surface area (TPSA) is 57.9 Å². The number of thiocarbonyl (C=S) groups is 1. The number of aryl methyl sites for hydroxylation is 1. The maximum absolute atomic E-state index is 13.5. The van der Waals surface area contributed by atoms with Gasteiger partial charge in [-0.05, 0) is 49.5 Å². The lowest BCUT2D eigenvalue weighted by atomic mass is 10.1. The van der Waals surface area contributed by atoms with Gasteiger partial charge in [0.25, 0.3) is 11.5 Å². The van der Waals surface area contributed by atoms with Crippen molar-refractivity contribution in [1.82, 2.24) is 14.3 Å². The summed E-state index contributed by atoms with van der Waals surface area (Å²) in [5.41, 5.74) is 3.02. The van der Waals surface area contributed by atoms with Crippen LogP contribution in [0.4, 0.5) is 5.82 Å². The van der Waals surface area contributed by atoms with Crippen molar-refractivity contribution < 1.29 is 4.79 Å². The smallest absolute Gasteiger partial charge is 0.267 e. The number of carbonyl (C=O) groups is 1. The summed E-state index contributed by atoms with van der Waals surface area (Å²) >= 11 is 6.77. The van der Waals surface area contributed by atoms with Crippen LogP contribution in [0.1, 0.15) is 29.5 Å². The van der Waals surface area contributed by atoms with Crippen molar-refractivity contribution in [3.8, 4) is 0 Å². The predicted octanol–water partition coefficient (Wildman–Crippen LogP) is 4.05. The molecule has 0 N–H and O–H groups in total. The van der Waals surface area contributed by atoms with E-state index in [1.165, 1.54) is 11.8 Å². The fraction of sp³-hybridized carbons (Fsp3) is 0.280. The van der Waals surface area contributed by atoms with Crippen LogP contribution in [0, 0.1) is 6.92 Å². The van der Waals surface area contributed by atoms with Crippen molar-refractivity contribution in [2.75, 3.05) is 24.5 Å². The molecule has 0 spiro atoms. The van der Waals surface area contributed by atoms with Crippen molar-refractivity contribution in [3.05, 3.63) is 80.6 Å². The van der Waals surface area contributed by atoms with Gasteiger partial charge in [-0.2, -0.15) is 0 Å². The molecule has 5 rings (SSSR count). The highest BCUT2D eigenvalue weighted by atomic mass is 32.2. The Morgan fingerprint density at radius 2 is 1.85 bits per heavy atom. The van der Waals surface area contributed by atoms with Crippen molar-refractivity contribution >= 4 is 51.7 Å². The van der Waals surface area contributed by atoms with Gasteiger partial charge in [-0.15, -0.1) is 0 Å². The Morgan fingerprint density at radius 1 is 1.09 bits per heavy atom. The third-order valence-corrected chi connectivity index (χ3v) is 7.46. The molecule has 168 valence electrons. The van der Waals surface area contributed by atoms with E-state index in [-0.39, 0.29) is 11.5 Å². The number of benzene rings is 1. The molecular weight excluding hydrogens is 452 g/mol. The van der Waals surface area contributed by atoms with Gasteiger partial charge in [0.1, 0.15) is 15.8 Å². The Bertz CT molecular complexity index is 1330. The first kappa shape index (κ1) is 21.9. The van der Waals surface area contributed by atoms with Gasteiger partial charge >= 0.3 is 0 Å². The Balaban J connectivity index is 1.52. The monoisotopic (exact) mass is 476 g/mol. The number of hydrogen-bond acceptors (Lipinski definition) is 6. The minimum absolute atomic E-state index is 0.151. The molecule has 8 heteroatoms. The Labute approximate surface area is 201 Å². The SMILES string of the molecule is Cc1cccn2c(=O)c(C=C3SC(=S)N(CCc4ccccc4)C3=O)c(N3CCCC3)nc12. The number of carbonyl (C=O) groups excluding carboxylic acids is 1. The fourth-order valence-corrected chi connectivity index (χ4v) is 5.60. The van der Waals surface area contributed by atoms with Crippen molar-refractivity contribution in [1.29, 1.82) is 0 Å². The third kappa shape index (κ3) is 4.20. The highest BCUT2D eigenvalue weighted by Crippen LogP contribution is 2.34. The number of hydrogen-bond donors (Lipinski definition) is 0. The van der Waals surface area contributed by atoms with E-state index in [0.717, 1.165) is 43.5 Å². The van der Waals surface area contributed by atoms with Crippen LogP contribution in [-0.4, -0.2) is 44.1 Å². The van der Waals surface area contributed by atoms with Gasteiger partial charge in [0.15, 0.2) is 0 Å². The molecule has 0 atom stereocenters. The quantitative estimate of drug-likeness (QED) is 0.409. The van der Waals surface area contributed by atoms with E-state index < -0.39 is 0 Å². The van der Waals surface area contributed by atoms with Gasteiger partial charge in [0.2, 0.25) is 0 Å². The zero-order valence-electron chi connectivity index (χ0n) is 18.4. The number of amides is 1. The first-order valence-corrected chi connectivity index (χ1v) is 12.3. The number of fused-ring (bicyclic) bond motifs is 1. The van der Waals surface area contributed by atoms with Crippen LogP contribution in [-0.2, 0) is 11.2 Å². The standard InChI is InChI=1S/C25H24N4O2S2/c1-17-8-7-14-28-21(17)26-22(27-12-5-6-13-27)19(23(28)30)16-20-24(31)29(25(32)33-20)15-11-18-9-3-2-4-10-18/h2-4,7-10,14,16H,5-6,11-13,15H2,1H3. The molecule has 33 heavy (non-hydrogen) atoms. The lowest BCUT2D eigenvalue weighted by Crippen LogP contribution is -2.30. The number of anilines is 1. The van der Waals surface area contributed by atoms with Crippen LogP contribution >= 0.6 is 24.0 Å². The maximum Gasteiger partial charge on any atom is 0.267 e. The number of nitrogens with zero attached hydrogens (tertiary/aromatic N) is 4. The Hall–Kier alpha value is -2.97. The second kappa shape index (κ2) is 9.11. The molecule has 2 aliphatic heterocycles. The molecule has 6 nitrogen and oxygen atoms in total. The van der Waals surface area contributed by atoms with Gasteiger partial charge in [-0.25, -0.2) is 4.98 Å². The minimum atomic E-state index is -0.167. The summed E-state index contributed by atoms with van der Waals surface area (Å²) in [7, 11) is 0. The van der Waals surface area contributed by atoms with Crippen LogP contribution in [0.2, 0.25) is 0 Å². The van der Waals surface area contributed by atoms with E-state index in [1.807, 2.05) is 49.4 Å². The molecule has 4 heterocycles.